The number of nitrogens with one attached hydrogen (secondary N) is 1. The van der Waals surface area contributed by atoms with Crippen molar-refractivity contribution < 1.29 is 27.1 Å². The van der Waals surface area contributed by atoms with Crippen LogP contribution in [0.4, 0.5) is 23.2 Å². The number of methoxy groups -OCH3 is 1. The van der Waals surface area contributed by atoms with Crippen LogP contribution in [0.1, 0.15) is 15.9 Å². The Hall–Kier alpha value is -2.28. The molecule has 0 bridgehead atoms. The fourth-order valence-corrected chi connectivity index (χ4v) is 2.05. The average molecular weight is 348 g/mol. The van der Waals surface area contributed by atoms with Gasteiger partial charge in [0.2, 0.25) is 0 Å². The van der Waals surface area contributed by atoms with E-state index in [9.17, 15) is 22.4 Å². The van der Waals surface area contributed by atoms with E-state index >= 15 is 0 Å². The highest BCUT2D eigenvalue weighted by Gasteiger charge is 2.34. The summed E-state index contributed by atoms with van der Waals surface area (Å²) < 4.78 is 56.2. The van der Waals surface area contributed by atoms with Crippen LogP contribution in [0, 0.1) is 5.82 Å². The minimum atomic E-state index is -4.86. The van der Waals surface area contributed by atoms with Gasteiger partial charge in [0.1, 0.15) is 11.6 Å². The molecule has 0 aliphatic heterocycles. The Kier molecular flexibility index (Phi) is 4.79. The molecule has 122 valence electrons. The lowest BCUT2D eigenvalue weighted by Crippen LogP contribution is -2.15. The summed E-state index contributed by atoms with van der Waals surface area (Å²) in [5, 5.41) is 2.51. The lowest BCUT2D eigenvalue weighted by atomic mass is 10.1. The Balaban J connectivity index is 2.33. The number of carbonyl (C=O) groups excluding carboxylic acids is 1. The fraction of sp³-hybridized carbons (Fsp3) is 0.133. The molecule has 1 N–H and O–H groups in total. The van der Waals surface area contributed by atoms with E-state index in [2.05, 4.69) is 5.32 Å². The number of benzene rings is 2. The van der Waals surface area contributed by atoms with Crippen LogP contribution < -0.4 is 10.1 Å². The maximum absolute atomic E-state index is 13.2. The molecule has 0 unspecified atom stereocenters. The van der Waals surface area contributed by atoms with E-state index in [1.165, 1.54) is 25.3 Å². The molecule has 2 aromatic carbocycles. The third-order valence-electron chi connectivity index (χ3n) is 2.94. The standard InChI is InChI=1S/C15H10ClF4NO2/c1-23-13-5-2-8(16)6-10(13)14(22)21-9-3-4-12(17)11(7-9)15(18,19)20/h2-7H,1H3,(H,21,22). The summed E-state index contributed by atoms with van der Waals surface area (Å²) in [5.41, 5.74) is -1.63. The van der Waals surface area contributed by atoms with Gasteiger partial charge in [0, 0.05) is 10.7 Å². The van der Waals surface area contributed by atoms with Crippen LogP contribution in [0.2, 0.25) is 5.02 Å². The summed E-state index contributed by atoms with van der Waals surface area (Å²) in [6.07, 6.45) is -4.86. The monoisotopic (exact) mass is 347 g/mol. The molecule has 0 fully saturated rings. The predicted octanol–water partition coefficient (Wildman–Crippen LogP) is 4.76. The van der Waals surface area contributed by atoms with Gasteiger partial charge in [0.15, 0.2) is 0 Å². The van der Waals surface area contributed by atoms with Gasteiger partial charge >= 0.3 is 6.18 Å². The van der Waals surface area contributed by atoms with Gasteiger partial charge in [-0.05, 0) is 36.4 Å². The number of halogens is 5. The van der Waals surface area contributed by atoms with Crippen molar-refractivity contribution in [2.75, 3.05) is 12.4 Å². The molecule has 0 heterocycles. The van der Waals surface area contributed by atoms with Gasteiger partial charge in [-0.1, -0.05) is 11.6 Å². The number of hydrogen-bond acceptors (Lipinski definition) is 2. The van der Waals surface area contributed by atoms with Gasteiger partial charge in [-0.15, -0.1) is 0 Å². The Morgan fingerprint density at radius 1 is 1.17 bits per heavy atom. The van der Waals surface area contributed by atoms with Gasteiger partial charge in [-0.2, -0.15) is 13.2 Å². The van der Waals surface area contributed by atoms with E-state index in [1.54, 1.807) is 0 Å². The maximum Gasteiger partial charge on any atom is 0.419 e. The molecule has 1 amide bonds. The Morgan fingerprint density at radius 3 is 2.48 bits per heavy atom. The van der Waals surface area contributed by atoms with Crippen LogP contribution in [-0.4, -0.2) is 13.0 Å². The van der Waals surface area contributed by atoms with E-state index in [4.69, 9.17) is 16.3 Å². The van der Waals surface area contributed by atoms with Crippen molar-refractivity contribution in [3.8, 4) is 5.75 Å². The number of anilines is 1. The minimum absolute atomic E-state index is 0.0397. The van der Waals surface area contributed by atoms with Crippen LogP contribution in [0.3, 0.4) is 0 Å². The molecule has 0 saturated carbocycles. The summed E-state index contributed by atoms with van der Waals surface area (Å²) in [6.45, 7) is 0. The molecule has 0 atom stereocenters. The quantitative estimate of drug-likeness (QED) is 0.813. The highest BCUT2D eigenvalue weighted by Crippen LogP contribution is 2.33. The first-order valence-corrected chi connectivity index (χ1v) is 6.62. The Labute approximate surface area is 133 Å². The first-order valence-electron chi connectivity index (χ1n) is 6.24. The van der Waals surface area contributed by atoms with Gasteiger partial charge in [-0.25, -0.2) is 4.39 Å². The fourth-order valence-electron chi connectivity index (χ4n) is 1.88. The van der Waals surface area contributed by atoms with Crippen molar-refractivity contribution in [1.29, 1.82) is 0 Å². The van der Waals surface area contributed by atoms with Crippen molar-refractivity contribution in [2.45, 2.75) is 6.18 Å². The van der Waals surface area contributed by atoms with Crippen molar-refractivity contribution >= 4 is 23.2 Å². The number of carbonyl (C=O) groups is 1. The topological polar surface area (TPSA) is 38.3 Å². The number of amides is 1. The Morgan fingerprint density at radius 2 is 1.87 bits per heavy atom. The highest BCUT2D eigenvalue weighted by atomic mass is 35.5. The van der Waals surface area contributed by atoms with Crippen LogP contribution >= 0.6 is 11.6 Å². The van der Waals surface area contributed by atoms with Crippen molar-refractivity contribution in [1.82, 2.24) is 0 Å². The lowest BCUT2D eigenvalue weighted by molar-refractivity contribution is -0.139. The number of rotatable bonds is 3. The lowest BCUT2D eigenvalue weighted by Gasteiger charge is -2.12. The summed E-state index contributed by atoms with van der Waals surface area (Å²) in [5.74, 6) is -1.95. The molecule has 2 aromatic rings. The molecule has 0 saturated heterocycles. The van der Waals surface area contributed by atoms with Crippen molar-refractivity contribution in [2.24, 2.45) is 0 Å². The second kappa shape index (κ2) is 6.45. The molecule has 3 nitrogen and oxygen atoms in total. The van der Waals surface area contributed by atoms with E-state index in [0.717, 1.165) is 6.07 Å². The Bertz CT molecular complexity index is 747. The zero-order chi connectivity index (χ0) is 17.2. The second-order valence-electron chi connectivity index (χ2n) is 4.49. The van der Waals surface area contributed by atoms with Gasteiger partial charge < -0.3 is 10.1 Å². The maximum atomic E-state index is 13.2. The highest BCUT2D eigenvalue weighted by molar-refractivity contribution is 6.31. The van der Waals surface area contributed by atoms with E-state index in [0.29, 0.717) is 12.1 Å². The molecule has 0 radical (unpaired) electrons. The predicted molar refractivity (Wildman–Crippen MR) is 77.4 cm³/mol. The normalized spacial score (nSPS) is 11.2. The SMILES string of the molecule is COc1ccc(Cl)cc1C(=O)Nc1ccc(F)c(C(F)(F)F)c1. The molecule has 2 rings (SSSR count). The number of alkyl halides is 3. The summed E-state index contributed by atoms with van der Waals surface area (Å²) in [6, 6.07) is 6.43. The smallest absolute Gasteiger partial charge is 0.419 e. The van der Waals surface area contributed by atoms with Crippen molar-refractivity contribution in [3.05, 3.63) is 58.4 Å². The van der Waals surface area contributed by atoms with Crippen LogP contribution in [0.25, 0.3) is 0 Å². The summed E-state index contributed by atoms with van der Waals surface area (Å²) in [7, 11) is 1.33. The second-order valence-corrected chi connectivity index (χ2v) is 4.93. The zero-order valence-corrected chi connectivity index (χ0v) is 12.4. The molecule has 0 aromatic heterocycles. The first-order chi connectivity index (χ1) is 10.7. The molecule has 0 aliphatic carbocycles. The third kappa shape index (κ3) is 3.92. The third-order valence-corrected chi connectivity index (χ3v) is 3.17. The summed E-state index contributed by atoms with van der Waals surface area (Å²) in [4.78, 5) is 12.2. The molecule has 0 aliphatic rings. The number of ether oxygens (including phenoxy) is 1. The van der Waals surface area contributed by atoms with E-state index in [1.807, 2.05) is 0 Å². The van der Waals surface area contributed by atoms with Crippen LogP contribution in [-0.2, 0) is 6.18 Å². The minimum Gasteiger partial charge on any atom is -0.496 e. The molecular weight excluding hydrogens is 338 g/mol. The largest absolute Gasteiger partial charge is 0.496 e. The first kappa shape index (κ1) is 17.1. The summed E-state index contributed by atoms with van der Waals surface area (Å²) >= 11 is 5.79. The molecule has 23 heavy (non-hydrogen) atoms. The van der Waals surface area contributed by atoms with Crippen LogP contribution in [0.15, 0.2) is 36.4 Å². The van der Waals surface area contributed by atoms with Gasteiger partial charge in [0.05, 0.1) is 18.2 Å². The van der Waals surface area contributed by atoms with Gasteiger partial charge in [-0.3, -0.25) is 4.79 Å². The molecular formula is C15H10ClF4NO2. The average Bonchev–Trinajstić information content (AvgIpc) is 2.48. The zero-order valence-electron chi connectivity index (χ0n) is 11.7. The molecule has 8 heteroatoms. The van der Waals surface area contributed by atoms with Gasteiger partial charge in [0.25, 0.3) is 5.91 Å². The van der Waals surface area contributed by atoms with Crippen molar-refractivity contribution in [3.63, 3.8) is 0 Å². The molecule has 0 spiro atoms. The van der Waals surface area contributed by atoms with Crippen LogP contribution in [0.5, 0.6) is 5.75 Å². The van der Waals surface area contributed by atoms with E-state index < -0.39 is 23.5 Å². The number of hydrogen-bond donors (Lipinski definition) is 1. The van der Waals surface area contributed by atoms with E-state index in [-0.39, 0.29) is 22.0 Å².